The Morgan fingerprint density at radius 2 is 1.94 bits per heavy atom. The number of benzene rings is 1. The minimum absolute atomic E-state index is 0.00574. The van der Waals surface area contributed by atoms with Crippen LogP contribution in [0.2, 0.25) is 5.02 Å². The van der Waals surface area contributed by atoms with Gasteiger partial charge in [-0.1, -0.05) is 11.6 Å². The van der Waals surface area contributed by atoms with Gasteiger partial charge in [0, 0.05) is 42.7 Å². The standard InChI is InChI=1S/C20H21ClF2N4O5/c21-12-1-2-15(32-19(22)23)13(9-12)17-14(18(24)29)10-27(25-17)11-16(28)26-5-3-20(4-6-26)30-7-8-31-20/h1-2,9-10,19H,3-8,11H2,(H2,24,29). The first kappa shape index (κ1) is 22.4. The van der Waals surface area contributed by atoms with Gasteiger partial charge in [0.25, 0.3) is 5.91 Å². The fourth-order valence-electron chi connectivity index (χ4n) is 3.89. The number of nitrogens with two attached hydrogens (primary N) is 1. The number of nitrogens with zero attached hydrogens (tertiary/aromatic N) is 3. The molecule has 0 atom stereocenters. The summed E-state index contributed by atoms with van der Waals surface area (Å²) in [5, 5.41) is 4.48. The summed E-state index contributed by atoms with van der Waals surface area (Å²) in [6, 6.07) is 3.95. The highest BCUT2D eigenvalue weighted by molar-refractivity contribution is 6.31. The van der Waals surface area contributed by atoms with Gasteiger partial charge in [-0.2, -0.15) is 13.9 Å². The molecule has 2 aliphatic rings. The smallest absolute Gasteiger partial charge is 0.387 e. The molecule has 2 N–H and O–H groups in total. The lowest BCUT2D eigenvalue weighted by atomic mass is 10.0. The van der Waals surface area contributed by atoms with Crippen molar-refractivity contribution in [3.63, 3.8) is 0 Å². The van der Waals surface area contributed by atoms with Crippen LogP contribution in [0, 0.1) is 0 Å². The Balaban J connectivity index is 1.55. The normalized spacial score (nSPS) is 17.8. The molecule has 0 bridgehead atoms. The first-order valence-electron chi connectivity index (χ1n) is 9.94. The number of hydrogen-bond donors (Lipinski definition) is 1. The van der Waals surface area contributed by atoms with Crippen LogP contribution in [0.5, 0.6) is 5.75 Å². The lowest BCUT2D eigenvalue weighted by molar-refractivity contribution is -0.187. The largest absolute Gasteiger partial charge is 0.434 e. The minimum atomic E-state index is -3.09. The molecule has 32 heavy (non-hydrogen) atoms. The zero-order valence-corrected chi connectivity index (χ0v) is 17.7. The minimum Gasteiger partial charge on any atom is -0.434 e. The number of ether oxygens (including phenoxy) is 3. The van der Waals surface area contributed by atoms with Gasteiger partial charge in [0.05, 0.1) is 18.8 Å². The third-order valence-electron chi connectivity index (χ3n) is 5.43. The first-order valence-corrected chi connectivity index (χ1v) is 10.3. The van der Waals surface area contributed by atoms with E-state index in [1.807, 2.05) is 0 Å². The van der Waals surface area contributed by atoms with Crippen LogP contribution in [-0.4, -0.2) is 65.2 Å². The third kappa shape index (κ3) is 4.69. The molecule has 0 unspecified atom stereocenters. The Kier molecular flexibility index (Phi) is 6.31. The summed E-state index contributed by atoms with van der Waals surface area (Å²) in [7, 11) is 0. The number of carbonyl (C=O) groups excluding carboxylic acids is 2. The van der Waals surface area contributed by atoms with E-state index in [-0.39, 0.29) is 40.0 Å². The van der Waals surface area contributed by atoms with Crippen LogP contribution in [0.15, 0.2) is 24.4 Å². The van der Waals surface area contributed by atoms with Gasteiger partial charge in [0.2, 0.25) is 5.91 Å². The first-order chi connectivity index (χ1) is 15.3. The Morgan fingerprint density at radius 3 is 2.56 bits per heavy atom. The molecule has 2 amide bonds. The zero-order valence-electron chi connectivity index (χ0n) is 16.9. The number of rotatable bonds is 6. The van der Waals surface area contributed by atoms with Gasteiger partial charge < -0.3 is 24.8 Å². The number of halogens is 3. The number of aromatic nitrogens is 2. The molecule has 0 aliphatic carbocycles. The molecular formula is C20H21ClF2N4O5. The molecule has 3 heterocycles. The monoisotopic (exact) mass is 470 g/mol. The van der Waals surface area contributed by atoms with E-state index in [1.165, 1.54) is 29.1 Å². The van der Waals surface area contributed by atoms with Crippen LogP contribution in [0.1, 0.15) is 23.2 Å². The van der Waals surface area contributed by atoms with Crippen molar-refractivity contribution in [2.45, 2.75) is 31.8 Å². The predicted octanol–water partition coefficient (Wildman–Crippen LogP) is 2.27. The van der Waals surface area contributed by atoms with Gasteiger partial charge in [-0.25, -0.2) is 0 Å². The molecule has 2 saturated heterocycles. The van der Waals surface area contributed by atoms with E-state index >= 15 is 0 Å². The second-order valence-electron chi connectivity index (χ2n) is 7.46. The van der Waals surface area contributed by atoms with Crippen LogP contribution < -0.4 is 10.5 Å². The zero-order chi connectivity index (χ0) is 22.9. The fraction of sp³-hybridized carbons (Fsp3) is 0.450. The SMILES string of the molecule is NC(=O)c1cn(CC(=O)N2CCC3(CC2)OCCO3)nc1-c1cc(Cl)ccc1OC(F)F. The second-order valence-corrected chi connectivity index (χ2v) is 7.90. The van der Waals surface area contributed by atoms with Crippen molar-refractivity contribution in [3.8, 4) is 17.0 Å². The van der Waals surface area contributed by atoms with Crippen molar-refractivity contribution in [2.24, 2.45) is 5.73 Å². The molecule has 1 aromatic heterocycles. The number of likely N-dealkylation sites (tertiary alicyclic amines) is 1. The van der Waals surface area contributed by atoms with E-state index in [2.05, 4.69) is 9.84 Å². The highest BCUT2D eigenvalue weighted by Crippen LogP contribution is 2.35. The Morgan fingerprint density at radius 1 is 1.25 bits per heavy atom. The molecular weight excluding hydrogens is 450 g/mol. The van der Waals surface area contributed by atoms with Gasteiger partial charge in [-0.15, -0.1) is 0 Å². The fourth-order valence-corrected chi connectivity index (χ4v) is 4.06. The molecule has 172 valence electrons. The summed E-state index contributed by atoms with van der Waals surface area (Å²) in [5.41, 5.74) is 5.46. The molecule has 1 aromatic carbocycles. The highest BCUT2D eigenvalue weighted by Gasteiger charge is 2.40. The average Bonchev–Trinajstić information content (AvgIpc) is 3.37. The molecule has 0 saturated carbocycles. The number of alkyl halides is 2. The Labute approximate surface area is 186 Å². The summed E-state index contributed by atoms with van der Waals surface area (Å²) in [6.07, 6.45) is 2.43. The Hall–Kier alpha value is -2.76. The topological polar surface area (TPSA) is 109 Å². The van der Waals surface area contributed by atoms with Crippen LogP contribution in [0.3, 0.4) is 0 Å². The van der Waals surface area contributed by atoms with E-state index in [0.29, 0.717) is 39.1 Å². The molecule has 2 fully saturated rings. The summed E-state index contributed by atoms with van der Waals surface area (Å²) in [6.45, 7) is -1.26. The van der Waals surface area contributed by atoms with Crippen molar-refractivity contribution in [1.29, 1.82) is 0 Å². The van der Waals surface area contributed by atoms with E-state index in [4.69, 9.17) is 26.8 Å². The molecule has 4 rings (SSSR count). The average molecular weight is 471 g/mol. The maximum Gasteiger partial charge on any atom is 0.387 e. The lowest BCUT2D eigenvalue weighted by Crippen LogP contribution is -2.48. The quantitative estimate of drug-likeness (QED) is 0.693. The molecule has 9 nitrogen and oxygen atoms in total. The molecule has 0 radical (unpaired) electrons. The lowest BCUT2D eigenvalue weighted by Gasteiger charge is -2.37. The molecule has 1 spiro atoms. The number of amides is 2. The molecule has 2 aliphatic heterocycles. The van der Waals surface area contributed by atoms with Crippen LogP contribution in [-0.2, 0) is 20.8 Å². The summed E-state index contributed by atoms with van der Waals surface area (Å²) < 4.78 is 42.8. The maximum absolute atomic E-state index is 12.8. The van der Waals surface area contributed by atoms with Crippen LogP contribution in [0.4, 0.5) is 8.78 Å². The van der Waals surface area contributed by atoms with Crippen molar-refractivity contribution in [2.75, 3.05) is 26.3 Å². The van der Waals surface area contributed by atoms with Crippen molar-refractivity contribution < 1.29 is 32.6 Å². The van der Waals surface area contributed by atoms with E-state index < -0.39 is 18.3 Å². The molecule has 12 heteroatoms. The third-order valence-corrected chi connectivity index (χ3v) is 5.66. The highest BCUT2D eigenvalue weighted by atomic mass is 35.5. The number of piperidine rings is 1. The van der Waals surface area contributed by atoms with E-state index in [9.17, 15) is 18.4 Å². The van der Waals surface area contributed by atoms with E-state index in [1.54, 1.807) is 4.90 Å². The Bertz CT molecular complexity index is 1020. The second kappa shape index (κ2) is 9.00. The van der Waals surface area contributed by atoms with Gasteiger partial charge in [0.1, 0.15) is 18.0 Å². The van der Waals surface area contributed by atoms with Gasteiger partial charge in [-0.05, 0) is 18.2 Å². The maximum atomic E-state index is 12.8. The summed E-state index contributed by atoms with van der Waals surface area (Å²) in [4.78, 5) is 26.4. The summed E-state index contributed by atoms with van der Waals surface area (Å²) in [5.74, 6) is -1.89. The summed E-state index contributed by atoms with van der Waals surface area (Å²) >= 11 is 6.00. The number of carbonyl (C=O) groups is 2. The van der Waals surface area contributed by atoms with Gasteiger partial charge in [0.15, 0.2) is 5.79 Å². The van der Waals surface area contributed by atoms with Crippen LogP contribution in [0.25, 0.3) is 11.3 Å². The van der Waals surface area contributed by atoms with E-state index in [0.717, 1.165) is 0 Å². The van der Waals surface area contributed by atoms with Gasteiger partial charge >= 0.3 is 6.61 Å². The number of hydrogen-bond acceptors (Lipinski definition) is 6. The van der Waals surface area contributed by atoms with Crippen molar-refractivity contribution in [1.82, 2.24) is 14.7 Å². The van der Waals surface area contributed by atoms with Crippen molar-refractivity contribution in [3.05, 3.63) is 35.0 Å². The van der Waals surface area contributed by atoms with Gasteiger partial charge in [-0.3, -0.25) is 14.3 Å². The van der Waals surface area contributed by atoms with Crippen molar-refractivity contribution >= 4 is 23.4 Å². The number of primary amides is 1. The predicted molar refractivity (Wildman–Crippen MR) is 108 cm³/mol. The van der Waals surface area contributed by atoms with Crippen LogP contribution >= 0.6 is 11.6 Å². The molecule has 2 aromatic rings.